The van der Waals surface area contributed by atoms with Crippen molar-refractivity contribution in [1.82, 2.24) is 15.0 Å². The molecule has 2 N–H and O–H groups in total. The van der Waals surface area contributed by atoms with E-state index in [4.69, 9.17) is 4.74 Å². The molecule has 4 rings (SSSR count). The Balaban J connectivity index is 1.47. The van der Waals surface area contributed by atoms with Gasteiger partial charge < -0.3 is 15.2 Å². The van der Waals surface area contributed by atoms with E-state index < -0.39 is 29.8 Å². The van der Waals surface area contributed by atoms with Crippen molar-refractivity contribution in [2.24, 2.45) is 0 Å². The second kappa shape index (κ2) is 9.52. The van der Waals surface area contributed by atoms with Gasteiger partial charge in [0, 0.05) is 24.5 Å². The average Bonchev–Trinajstić information content (AvgIpc) is 2.79. The normalized spacial score (nSPS) is 18.9. The van der Waals surface area contributed by atoms with Crippen LogP contribution in [0.1, 0.15) is 36.8 Å². The lowest BCUT2D eigenvalue weighted by Gasteiger charge is -2.28. The van der Waals surface area contributed by atoms with Crippen molar-refractivity contribution in [1.29, 1.82) is 0 Å². The molecule has 6 nitrogen and oxygen atoms in total. The predicted molar refractivity (Wildman–Crippen MR) is 113 cm³/mol. The largest absolute Gasteiger partial charge is 0.471 e. The monoisotopic (exact) mass is 444 g/mol. The van der Waals surface area contributed by atoms with Crippen LogP contribution in [0.3, 0.4) is 0 Å². The molecule has 0 aliphatic heterocycles. The average molecular weight is 444 g/mol. The first-order chi connectivity index (χ1) is 15.4. The maximum absolute atomic E-state index is 13.4. The highest BCUT2D eigenvalue weighted by atomic mass is 19.4. The number of rotatable bonds is 6. The number of aliphatic hydroxyl groups excluding tert-OH is 1. The van der Waals surface area contributed by atoms with Crippen LogP contribution in [0.5, 0.6) is 5.88 Å². The number of pyridine rings is 1. The fourth-order valence-corrected chi connectivity index (χ4v) is 3.60. The lowest BCUT2D eigenvalue weighted by molar-refractivity contribution is -0.140. The fraction of sp³-hybridized carbons (Fsp3) is 0.348. The zero-order valence-corrected chi connectivity index (χ0v) is 17.2. The van der Waals surface area contributed by atoms with Gasteiger partial charge in [0.15, 0.2) is 0 Å². The number of hydrogen-bond acceptors (Lipinski definition) is 6. The molecule has 0 saturated heterocycles. The minimum atomic E-state index is -4.66. The quantitative estimate of drug-likeness (QED) is 0.566. The molecule has 1 fully saturated rings. The van der Waals surface area contributed by atoms with Crippen LogP contribution in [0.4, 0.5) is 19.1 Å². The van der Waals surface area contributed by atoms with E-state index in [9.17, 15) is 18.3 Å². The number of alkyl halides is 3. The number of benzene rings is 1. The van der Waals surface area contributed by atoms with Crippen molar-refractivity contribution in [3.8, 4) is 17.1 Å². The molecule has 1 aliphatic rings. The number of aliphatic hydroxyl groups is 1. The van der Waals surface area contributed by atoms with Gasteiger partial charge >= 0.3 is 6.18 Å². The Bertz CT molecular complexity index is 1030. The predicted octanol–water partition coefficient (Wildman–Crippen LogP) is 4.85. The van der Waals surface area contributed by atoms with Crippen molar-refractivity contribution < 1.29 is 23.0 Å². The molecule has 1 unspecified atom stereocenters. The van der Waals surface area contributed by atoms with Gasteiger partial charge in [-0.05, 0) is 37.0 Å². The van der Waals surface area contributed by atoms with Gasteiger partial charge in [-0.2, -0.15) is 18.2 Å². The van der Waals surface area contributed by atoms with E-state index in [1.54, 1.807) is 6.20 Å². The number of halogens is 3. The Hall–Kier alpha value is -3.20. The number of ether oxygens (including phenoxy) is 1. The Morgan fingerprint density at radius 2 is 1.81 bits per heavy atom. The van der Waals surface area contributed by atoms with Gasteiger partial charge in [0.25, 0.3) is 0 Å². The third kappa shape index (κ3) is 5.34. The van der Waals surface area contributed by atoms with Gasteiger partial charge in [0.05, 0.1) is 11.8 Å². The Morgan fingerprint density at radius 1 is 1.03 bits per heavy atom. The lowest BCUT2D eigenvalue weighted by Crippen LogP contribution is -2.35. The standard InChI is InChI=1S/C23H23F3N4O2/c24-23(25,26)17-14-29-22(30-21(17)32-20-7-2-1-6-19(20)31)28-13-15-8-10-16(11-9-15)18-5-3-4-12-27-18/h3-5,8-12,14,19-20,31H,1-2,6-7,13H2,(H,28,29,30)/t19?,20-/m1/s1. The first-order valence-electron chi connectivity index (χ1n) is 10.4. The summed E-state index contributed by atoms with van der Waals surface area (Å²) in [6.07, 6.45) is -1.17. The minimum absolute atomic E-state index is 0.0205. The second-order valence-corrected chi connectivity index (χ2v) is 7.68. The van der Waals surface area contributed by atoms with Gasteiger partial charge in [0.2, 0.25) is 11.8 Å². The molecular weight excluding hydrogens is 421 g/mol. The third-order valence-corrected chi connectivity index (χ3v) is 5.36. The summed E-state index contributed by atoms with van der Waals surface area (Å²) in [5, 5.41) is 13.0. The number of nitrogens with one attached hydrogen (secondary N) is 1. The molecule has 9 heteroatoms. The molecule has 1 aliphatic carbocycles. The van der Waals surface area contributed by atoms with Gasteiger partial charge in [-0.25, -0.2) is 4.98 Å². The summed E-state index contributed by atoms with van der Waals surface area (Å²) in [5.41, 5.74) is 1.66. The number of hydrogen-bond donors (Lipinski definition) is 2. The minimum Gasteiger partial charge on any atom is -0.471 e. The number of nitrogens with zero attached hydrogens (tertiary/aromatic N) is 3. The van der Waals surface area contributed by atoms with Gasteiger partial charge in [-0.1, -0.05) is 36.8 Å². The molecule has 2 aromatic heterocycles. The van der Waals surface area contributed by atoms with E-state index in [2.05, 4.69) is 20.3 Å². The third-order valence-electron chi connectivity index (χ3n) is 5.36. The topological polar surface area (TPSA) is 80.2 Å². The van der Waals surface area contributed by atoms with Crippen LogP contribution >= 0.6 is 0 Å². The van der Waals surface area contributed by atoms with Crippen LogP contribution in [0, 0.1) is 0 Å². The number of anilines is 1. The Morgan fingerprint density at radius 3 is 2.50 bits per heavy atom. The Kier molecular flexibility index (Phi) is 6.55. The Labute approximate surface area is 183 Å². The second-order valence-electron chi connectivity index (χ2n) is 7.68. The summed E-state index contributed by atoms with van der Waals surface area (Å²) in [5.74, 6) is -0.543. The molecule has 0 radical (unpaired) electrons. The van der Waals surface area contributed by atoms with E-state index in [0.717, 1.165) is 29.7 Å². The van der Waals surface area contributed by atoms with Crippen LogP contribution < -0.4 is 10.1 Å². The van der Waals surface area contributed by atoms with E-state index in [-0.39, 0.29) is 5.95 Å². The summed E-state index contributed by atoms with van der Waals surface area (Å²) in [6.45, 7) is 0.319. The van der Waals surface area contributed by atoms with Gasteiger partial charge in [-0.3, -0.25) is 4.98 Å². The van der Waals surface area contributed by atoms with Crippen LogP contribution in [-0.4, -0.2) is 32.3 Å². The fourth-order valence-electron chi connectivity index (χ4n) is 3.60. The van der Waals surface area contributed by atoms with Crippen molar-refractivity contribution >= 4 is 5.95 Å². The van der Waals surface area contributed by atoms with E-state index in [1.165, 1.54) is 0 Å². The SMILES string of the molecule is OC1CCCC[C@H]1Oc1nc(NCc2ccc(-c3ccccn3)cc2)ncc1C(F)(F)F. The van der Waals surface area contributed by atoms with E-state index >= 15 is 0 Å². The first-order valence-corrected chi connectivity index (χ1v) is 10.4. The maximum Gasteiger partial charge on any atom is 0.423 e. The smallest absolute Gasteiger partial charge is 0.423 e. The molecule has 0 amide bonds. The van der Waals surface area contributed by atoms with Crippen molar-refractivity contribution in [3.05, 3.63) is 66.0 Å². The van der Waals surface area contributed by atoms with Crippen molar-refractivity contribution in [2.75, 3.05) is 5.32 Å². The molecule has 1 aromatic carbocycles. The van der Waals surface area contributed by atoms with Gasteiger partial charge in [-0.15, -0.1) is 0 Å². The lowest BCUT2D eigenvalue weighted by atomic mass is 9.95. The molecule has 2 atom stereocenters. The molecule has 1 saturated carbocycles. The molecule has 3 aromatic rings. The summed E-state index contributed by atoms with van der Waals surface area (Å²) < 4.78 is 45.8. The van der Waals surface area contributed by atoms with Crippen molar-refractivity contribution in [3.63, 3.8) is 0 Å². The molecule has 32 heavy (non-hydrogen) atoms. The highest BCUT2D eigenvalue weighted by Gasteiger charge is 2.38. The molecular formula is C23H23F3N4O2. The van der Waals surface area contributed by atoms with E-state index in [1.807, 2.05) is 42.5 Å². The van der Waals surface area contributed by atoms with Crippen LogP contribution in [0.2, 0.25) is 0 Å². The molecule has 2 heterocycles. The van der Waals surface area contributed by atoms with Crippen LogP contribution in [0.25, 0.3) is 11.3 Å². The molecule has 0 bridgehead atoms. The van der Waals surface area contributed by atoms with Crippen molar-refractivity contribution in [2.45, 2.75) is 50.6 Å². The molecule has 168 valence electrons. The first kappa shape index (κ1) is 22.0. The van der Waals surface area contributed by atoms with Gasteiger partial charge in [0.1, 0.15) is 11.7 Å². The highest BCUT2D eigenvalue weighted by Crippen LogP contribution is 2.36. The van der Waals surface area contributed by atoms with Crippen LogP contribution in [-0.2, 0) is 12.7 Å². The maximum atomic E-state index is 13.4. The van der Waals surface area contributed by atoms with Crippen LogP contribution in [0.15, 0.2) is 54.9 Å². The summed E-state index contributed by atoms with van der Waals surface area (Å²) in [6, 6.07) is 13.3. The number of aromatic nitrogens is 3. The summed E-state index contributed by atoms with van der Waals surface area (Å²) in [7, 11) is 0. The van der Waals surface area contributed by atoms with E-state index in [0.29, 0.717) is 25.6 Å². The zero-order valence-electron chi connectivity index (χ0n) is 17.2. The summed E-state index contributed by atoms with van der Waals surface area (Å²) in [4.78, 5) is 12.1. The molecule has 0 spiro atoms. The summed E-state index contributed by atoms with van der Waals surface area (Å²) >= 11 is 0. The zero-order chi connectivity index (χ0) is 22.6. The highest BCUT2D eigenvalue weighted by molar-refractivity contribution is 5.59.